The number of fused-ring (bicyclic) bond motifs is 3. The predicted molar refractivity (Wildman–Crippen MR) is 107 cm³/mol. The van der Waals surface area contributed by atoms with Crippen molar-refractivity contribution in [1.82, 2.24) is 0 Å². The van der Waals surface area contributed by atoms with Crippen LogP contribution in [-0.2, 0) is 19.3 Å². The molecule has 1 unspecified atom stereocenters. The third-order valence-corrected chi connectivity index (χ3v) is 6.71. The maximum absolute atomic E-state index is 2.37. The van der Waals surface area contributed by atoms with Crippen LogP contribution in [0.15, 0.2) is 0 Å². The van der Waals surface area contributed by atoms with E-state index in [9.17, 15) is 0 Å². The largest absolute Gasteiger partial charge is 0.0654 e. The summed E-state index contributed by atoms with van der Waals surface area (Å²) in [5.41, 5.74) is 12.7. The van der Waals surface area contributed by atoms with Crippen LogP contribution < -0.4 is 0 Å². The first kappa shape index (κ1) is 17.5. The lowest BCUT2D eigenvalue weighted by atomic mass is 9.82. The maximum Gasteiger partial charge on any atom is -0.0111 e. The van der Waals surface area contributed by atoms with Gasteiger partial charge in [0.2, 0.25) is 0 Å². The molecule has 130 valence electrons. The number of hydrogen-bond acceptors (Lipinski definition) is 0. The molecule has 0 aliphatic heterocycles. The molecular formula is C24H34. The standard InChI is InChI=1S/C24H34/c1-8-10-19-12-21-15(4)16(5)23-18(7)20(11-9-2)14(3)17(6)24(23)22(21)13-19/h19H,8-13H2,1-7H3. The molecular weight excluding hydrogens is 288 g/mol. The molecule has 0 aromatic heterocycles. The highest BCUT2D eigenvalue weighted by atomic mass is 14.3. The molecule has 0 heteroatoms. The molecule has 0 amide bonds. The minimum absolute atomic E-state index is 0.865. The minimum Gasteiger partial charge on any atom is -0.0654 e. The molecule has 1 aliphatic carbocycles. The van der Waals surface area contributed by atoms with Gasteiger partial charge in [0.25, 0.3) is 0 Å². The zero-order valence-corrected chi connectivity index (χ0v) is 16.8. The van der Waals surface area contributed by atoms with E-state index in [4.69, 9.17) is 0 Å². The van der Waals surface area contributed by atoms with E-state index in [1.54, 1.807) is 55.3 Å². The Balaban J connectivity index is 2.36. The molecule has 2 aromatic rings. The smallest absolute Gasteiger partial charge is 0.0111 e. The Bertz CT molecular complexity index is 792. The molecule has 0 saturated carbocycles. The average molecular weight is 323 g/mol. The molecule has 0 saturated heterocycles. The second kappa shape index (κ2) is 6.54. The lowest BCUT2D eigenvalue weighted by Crippen LogP contribution is -2.04. The Morgan fingerprint density at radius 2 is 1.29 bits per heavy atom. The summed E-state index contributed by atoms with van der Waals surface area (Å²) < 4.78 is 0. The molecule has 3 rings (SSSR count). The van der Waals surface area contributed by atoms with Gasteiger partial charge in [-0.05, 0) is 115 Å². The van der Waals surface area contributed by atoms with E-state index in [2.05, 4.69) is 48.5 Å². The van der Waals surface area contributed by atoms with E-state index in [1.807, 2.05) is 0 Å². The van der Waals surface area contributed by atoms with Crippen LogP contribution in [0, 0.1) is 40.5 Å². The number of hydrogen-bond donors (Lipinski definition) is 0. The number of rotatable bonds is 4. The third kappa shape index (κ3) is 2.50. The van der Waals surface area contributed by atoms with Crippen molar-refractivity contribution in [2.45, 2.75) is 87.0 Å². The van der Waals surface area contributed by atoms with E-state index >= 15 is 0 Å². The van der Waals surface area contributed by atoms with E-state index in [-0.39, 0.29) is 0 Å². The summed E-state index contributed by atoms with van der Waals surface area (Å²) in [7, 11) is 0. The molecule has 0 nitrogen and oxygen atoms in total. The highest BCUT2D eigenvalue weighted by Gasteiger charge is 2.28. The molecule has 0 spiro atoms. The summed E-state index contributed by atoms with van der Waals surface area (Å²) in [5.74, 6) is 0.865. The Kier molecular flexibility index (Phi) is 4.78. The minimum atomic E-state index is 0.865. The van der Waals surface area contributed by atoms with E-state index < -0.39 is 0 Å². The van der Waals surface area contributed by atoms with Gasteiger partial charge in [0.1, 0.15) is 0 Å². The van der Waals surface area contributed by atoms with Crippen molar-refractivity contribution in [2.24, 2.45) is 5.92 Å². The molecule has 2 aromatic carbocycles. The number of aryl methyl sites for hydroxylation is 3. The highest BCUT2D eigenvalue weighted by molar-refractivity contribution is 5.98. The number of benzene rings is 2. The Morgan fingerprint density at radius 3 is 1.92 bits per heavy atom. The van der Waals surface area contributed by atoms with Crippen molar-refractivity contribution in [3.8, 4) is 0 Å². The summed E-state index contributed by atoms with van der Waals surface area (Å²) in [6.45, 7) is 16.5. The molecule has 0 fully saturated rings. The average Bonchev–Trinajstić information content (AvgIpc) is 2.97. The van der Waals surface area contributed by atoms with Crippen molar-refractivity contribution in [3.63, 3.8) is 0 Å². The lowest BCUT2D eigenvalue weighted by Gasteiger charge is -2.22. The first-order valence-electron chi connectivity index (χ1n) is 9.95. The lowest BCUT2D eigenvalue weighted by molar-refractivity contribution is 0.507. The van der Waals surface area contributed by atoms with Crippen molar-refractivity contribution in [2.75, 3.05) is 0 Å². The zero-order valence-electron chi connectivity index (χ0n) is 16.8. The molecule has 1 atom stereocenters. The van der Waals surface area contributed by atoms with Crippen LogP contribution in [0.4, 0.5) is 0 Å². The Hall–Kier alpha value is -1.30. The first-order chi connectivity index (χ1) is 11.4. The van der Waals surface area contributed by atoms with E-state index in [0.717, 1.165) is 5.92 Å². The predicted octanol–water partition coefficient (Wildman–Crippen LogP) is 6.85. The van der Waals surface area contributed by atoms with E-state index in [1.165, 1.54) is 38.5 Å². The van der Waals surface area contributed by atoms with Crippen molar-refractivity contribution in [3.05, 3.63) is 44.5 Å². The molecule has 0 N–H and O–H groups in total. The van der Waals surface area contributed by atoms with Gasteiger partial charge in [0.15, 0.2) is 0 Å². The monoisotopic (exact) mass is 322 g/mol. The summed E-state index contributed by atoms with van der Waals surface area (Å²) in [5, 5.41) is 3.19. The van der Waals surface area contributed by atoms with Gasteiger partial charge in [-0.25, -0.2) is 0 Å². The fourth-order valence-corrected chi connectivity index (χ4v) is 5.25. The van der Waals surface area contributed by atoms with Gasteiger partial charge in [-0.15, -0.1) is 0 Å². The van der Waals surface area contributed by atoms with Gasteiger partial charge in [-0.1, -0.05) is 33.1 Å². The summed E-state index contributed by atoms with van der Waals surface area (Å²) in [4.78, 5) is 0. The van der Waals surface area contributed by atoms with Crippen LogP contribution in [0.2, 0.25) is 0 Å². The summed E-state index contributed by atoms with van der Waals surface area (Å²) in [6.07, 6.45) is 7.73. The highest BCUT2D eigenvalue weighted by Crippen LogP contribution is 2.43. The van der Waals surface area contributed by atoms with Crippen LogP contribution >= 0.6 is 0 Å². The van der Waals surface area contributed by atoms with Crippen molar-refractivity contribution in [1.29, 1.82) is 0 Å². The van der Waals surface area contributed by atoms with Crippen LogP contribution in [0.25, 0.3) is 10.8 Å². The second-order valence-electron chi connectivity index (χ2n) is 8.12. The first-order valence-corrected chi connectivity index (χ1v) is 9.95. The SMILES string of the molecule is CCCc1c(C)c(C)c2c3c(c(C)c(C)c2c1C)CC(CCC)C3. The molecule has 0 radical (unpaired) electrons. The van der Waals surface area contributed by atoms with Crippen LogP contribution in [0.3, 0.4) is 0 Å². The Labute approximate surface area is 148 Å². The zero-order chi connectivity index (χ0) is 17.6. The van der Waals surface area contributed by atoms with Crippen LogP contribution in [-0.4, -0.2) is 0 Å². The molecule has 0 bridgehead atoms. The van der Waals surface area contributed by atoms with Gasteiger partial charge in [-0.2, -0.15) is 0 Å². The van der Waals surface area contributed by atoms with Crippen LogP contribution in [0.1, 0.15) is 77.6 Å². The fourth-order valence-electron chi connectivity index (χ4n) is 5.25. The maximum atomic E-state index is 2.37. The summed E-state index contributed by atoms with van der Waals surface area (Å²) in [6, 6.07) is 0. The van der Waals surface area contributed by atoms with Crippen LogP contribution in [0.5, 0.6) is 0 Å². The topological polar surface area (TPSA) is 0 Å². The molecule has 0 heterocycles. The van der Waals surface area contributed by atoms with Gasteiger partial charge in [-0.3, -0.25) is 0 Å². The Morgan fingerprint density at radius 1 is 0.667 bits per heavy atom. The normalized spacial score (nSPS) is 16.9. The van der Waals surface area contributed by atoms with Gasteiger partial charge in [0.05, 0.1) is 0 Å². The van der Waals surface area contributed by atoms with Gasteiger partial charge < -0.3 is 0 Å². The van der Waals surface area contributed by atoms with E-state index in [0.29, 0.717) is 0 Å². The molecule has 24 heavy (non-hydrogen) atoms. The van der Waals surface area contributed by atoms with Gasteiger partial charge in [0, 0.05) is 0 Å². The van der Waals surface area contributed by atoms with Crippen molar-refractivity contribution >= 4 is 10.8 Å². The van der Waals surface area contributed by atoms with Crippen molar-refractivity contribution < 1.29 is 0 Å². The summed E-state index contributed by atoms with van der Waals surface area (Å²) >= 11 is 0. The third-order valence-electron chi connectivity index (χ3n) is 6.71. The van der Waals surface area contributed by atoms with Gasteiger partial charge >= 0.3 is 0 Å². The second-order valence-corrected chi connectivity index (χ2v) is 8.12. The molecule has 1 aliphatic rings. The fraction of sp³-hybridized carbons (Fsp3) is 0.583. The quantitative estimate of drug-likeness (QED) is 0.577.